The van der Waals surface area contributed by atoms with Crippen molar-refractivity contribution in [3.63, 3.8) is 0 Å². The average Bonchev–Trinajstić information content (AvgIpc) is 2.85. The summed E-state index contributed by atoms with van der Waals surface area (Å²) in [6.07, 6.45) is 7.22. The van der Waals surface area contributed by atoms with Gasteiger partial charge in [0.1, 0.15) is 24.2 Å². The van der Waals surface area contributed by atoms with Crippen LogP contribution < -0.4 is 15.0 Å². The van der Waals surface area contributed by atoms with Crippen LogP contribution in [0.2, 0.25) is 5.02 Å². The minimum absolute atomic E-state index is 0.107. The molecule has 2 aromatic rings. The molecular formula is C25H29ClN6O3. The summed E-state index contributed by atoms with van der Waals surface area (Å²) in [6.45, 7) is 9.64. The molecule has 2 aromatic heterocycles. The molecule has 3 heterocycles. The molecule has 0 unspecified atom stereocenters. The number of anilines is 1. The second kappa shape index (κ2) is 9.42. The molecule has 35 heavy (non-hydrogen) atoms. The van der Waals surface area contributed by atoms with Gasteiger partial charge in [-0.25, -0.2) is 15.0 Å². The molecule has 2 aliphatic rings. The van der Waals surface area contributed by atoms with Gasteiger partial charge in [-0.15, -0.1) is 0 Å². The Bertz CT molecular complexity index is 1140. The van der Waals surface area contributed by atoms with Crippen molar-refractivity contribution in [2.75, 3.05) is 18.0 Å². The Morgan fingerprint density at radius 1 is 1.17 bits per heavy atom. The van der Waals surface area contributed by atoms with Gasteiger partial charge in [0.15, 0.2) is 5.69 Å². The number of hydrogen-bond acceptors (Lipinski definition) is 8. The minimum atomic E-state index is -0.400. The molecule has 0 aromatic carbocycles. The summed E-state index contributed by atoms with van der Waals surface area (Å²) >= 11 is 6.10. The van der Waals surface area contributed by atoms with E-state index in [-0.39, 0.29) is 40.5 Å². The molecule has 2 fully saturated rings. The molecule has 1 saturated carbocycles. The number of hydrogen-bond donors (Lipinski definition) is 1. The smallest absolute Gasteiger partial charge is 0.289 e. The van der Waals surface area contributed by atoms with E-state index in [1.54, 1.807) is 18.5 Å². The van der Waals surface area contributed by atoms with Gasteiger partial charge < -0.3 is 19.7 Å². The van der Waals surface area contributed by atoms with E-state index < -0.39 is 10.8 Å². The van der Waals surface area contributed by atoms with Crippen molar-refractivity contribution in [2.45, 2.75) is 52.7 Å². The third-order valence-electron chi connectivity index (χ3n) is 7.23. The van der Waals surface area contributed by atoms with Crippen LogP contribution in [0.4, 0.5) is 5.69 Å². The summed E-state index contributed by atoms with van der Waals surface area (Å²) in [5.74, 6) is 0.352. The van der Waals surface area contributed by atoms with Crippen molar-refractivity contribution in [1.82, 2.24) is 20.3 Å². The van der Waals surface area contributed by atoms with Gasteiger partial charge in [-0.2, -0.15) is 5.26 Å². The first-order valence-corrected chi connectivity index (χ1v) is 12.0. The van der Waals surface area contributed by atoms with Crippen molar-refractivity contribution in [3.8, 4) is 11.8 Å². The molecule has 184 valence electrons. The van der Waals surface area contributed by atoms with E-state index in [1.807, 2.05) is 33.8 Å². The van der Waals surface area contributed by atoms with Crippen molar-refractivity contribution in [3.05, 3.63) is 41.2 Å². The van der Waals surface area contributed by atoms with Crippen molar-refractivity contribution >= 4 is 29.5 Å². The van der Waals surface area contributed by atoms with E-state index in [0.29, 0.717) is 5.75 Å². The summed E-state index contributed by atoms with van der Waals surface area (Å²) in [7, 11) is 0. The third-order valence-corrected chi connectivity index (χ3v) is 7.52. The molecule has 1 N–H and O–H groups in total. The molecule has 0 bridgehead atoms. The number of ether oxygens (including phenoxy) is 1. The van der Waals surface area contributed by atoms with E-state index in [2.05, 4.69) is 25.2 Å². The average molecular weight is 497 g/mol. The lowest BCUT2D eigenvalue weighted by Gasteiger charge is -2.62. The lowest BCUT2D eigenvalue weighted by atomic mass is 9.49. The number of halogens is 1. The first kappa shape index (κ1) is 24.9. The highest BCUT2D eigenvalue weighted by molar-refractivity contribution is 6.31. The number of amides is 1. The first-order chi connectivity index (χ1) is 16.6. The van der Waals surface area contributed by atoms with Crippen molar-refractivity contribution < 1.29 is 14.3 Å². The van der Waals surface area contributed by atoms with E-state index in [0.717, 1.165) is 37.9 Å². The highest BCUT2D eigenvalue weighted by Crippen LogP contribution is 2.55. The fourth-order valence-corrected chi connectivity index (χ4v) is 5.79. The summed E-state index contributed by atoms with van der Waals surface area (Å²) < 4.78 is 6.21. The molecule has 1 aliphatic carbocycles. The van der Waals surface area contributed by atoms with Gasteiger partial charge in [0.05, 0.1) is 29.3 Å². The van der Waals surface area contributed by atoms with Crippen LogP contribution in [0.15, 0.2) is 24.7 Å². The Morgan fingerprint density at radius 3 is 2.34 bits per heavy atom. The van der Waals surface area contributed by atoms with Crippen LogP contribution in [0, 0.1) is 28.1 Å². The summed E-state index contributed by atoms with van der Waals surface area (Å²) in [4.78, 5) is 38.7. The topological polar surface area (TPSA) is 121 Å². The Morgan fingerprint density at radius 2 is 1.80 bits per heavy atom. The van der Waals surface area contributed by atoms with Crippen molar-refractivity contribution in [1.29, 1.82) is 5.26 Å². The van der Waals surface area contributed by atoms with Crippen LogP contribution in [-0.4, -0.2) is 52.4 Å². The molecule has 1 saturated heterocycles. The summed E-state index contributed by atoms with van der Waals surface area (Å²) in [5, 5.41) is 12.4. The van der Waals surface area contributed by atoms with Crippen LogP contribution in [-0.2, 0) is 4.79 Å². The monoisotopic (exact) mass is 496 g/mol. The lowest BCUT2D eigenvalue weighted by Crippen LogP contribution is -2.74. The standard InChI is InChI=1S/C25H29ClN6O3/c1-24(2)22(25(3,4)23(24)35-17-9-18(26)19(10-27)28-13-17)31-21(34)20-29-11-16(12-30-20)32-7-5-15(14-33)6-8-32/h9,11-15,22-23H,5-8H2,1-4H3,(H,31,34). The second-order valence-corrected chi connectivity index (χ2v) is 10.8. The molecule has 1 aliphatic heterocycles. The molecule has 10 heteroatoms. The maximum atomic E-state index is 13.0. The molecule has 0 atom stereocenters. The predicted molar refractivity (Wildman–Crippen MR) is 130 cm³/mol. The number of piperidine rings is 1. The maximum Gasteiger partial charge on any atom is 0.289 e. The number of carbonyl (C=O) groups excluding carboxylic acids is 2. The first-order valence-electron chi connectivity index (χ1n) is 11.6. The van der Waals surface area contributed by atoms with E-state index in [1.165, 1.54) is 6.20 Å². The largest absolute Gasteiger partial charge is 0.487 e. The van der Waals surface area contributed by atoms with Crippen molar-refractivity contribution in [2.24, 2.45) is 16.7 Å². The zero-order chi connectivity index (χ0) is 25.4. The van der Waals surface area contributed by atoms with Gasteiger partial charge >= 0.3 is 0 Å². The fraction of sp³-hybridized carbons (Fsp3) is 0.520. The third kappa shape index (κ3) is 4.67. The van der Waals surface area contributed by atoms with Gasteiger partial charge in [-0.05, 0) is 12.8 Å². The highest BCUT2D eigenvalue weighted by Gasteiger charge is 2.64. The van der Waals surface area contributed by atoms with Crippen LogP contribution in [0.1, 0.15) is 56.8 Å². The summed E-state index contributed by atoms with van der Waals surface area (Å²) in [6, 6.07) is 3.32. The molecular weight excluding hydrogens is 468 g/mol. The van der Waals surface area contributed by atoms with Gasteiger partial charge in [0.2, 0.25) is 5.82 Å². The predicted octanol–water partition coefficient (Wildman–Crippen LogP) is 3.42. The van der Waals surface area contributed by atoms with Crippen LogP contribution >= 0.6 is 11.6 Å². The SMILES string of the molecule is CC1(C)C(NC(=O)c2ncc(N3CCC(C=O)CC3)cn2)C(C)(C)C1Oc1cnc(C#N)c(Cl)c1. The van der Waals surface area contributed by atoms with E-state index in [4.69, 9.17) is 21.6 Å². The van der Waals surface area contributed by atoms with Gasteiger partial charge in [0.25, 0.3) is 5.91 Å². The van der Waals surface area contributed by atoms with Crippen LogP contribution in [0.25, 0.3) is 0 Å². The Labute approximate surface area is 209 Å². The quantitative estimate of drug-likeness (QED) is 0.604. The lowest BCUT2D eigenvalue weighted by molar-refractivity contribution is -0.164. The minimum Gasteiger partial charge on any atom is -0.487 e. The molecule has 0 radical (unpaired) electrons. The number of carbonyl (C=O) groups is 2. The highest BCUT2D eigenvalue weighted by atomic mass is 35.5. The maximum absolute atomic E-state index is 13.0. The number of nitrogens with one attached hydrogen (secondary N) is 1. The molecule has 1 amide bonds. The Kier molecular flexibility index (Phi) is 6.69. The molecule has 0 spiro atoms. The second-order valence-electron chi connectivity index (χ2n) is 10.4. The molecule has 4 rings (SSSR count). The number of nitrogens with zero attached hydrogens (tertiary/aromatic N) is 5. The number of nitriles is 1. The number of rotatable bonds is 6. The van der Waals surface area contributed by atoms with Gasteiger partial charge in [-0.3, -0.25) is 4.79 Å². The van der Waals surface area contributed by atoms with E-state index >= 15 is 0 Å². The Balaban J connectivity index is 1.41. The number of aromatic nitrogens is 3. The van der Waals surface area contributed by atoms with E-state index in [9.17, 15) is 9.59 Å². The number of aldehydes is 1. The normalized spacial score (nSPS) is 23.0. The van der Waals surface area contributed by atoms with Gasteiger partial charge in [-0.1, -0.05) is 39.3 Å². The van der Waals surface area contributed by atoms with Gasteiger partial charge in [0, 0.05) is 41.9 Å². The molecule has 9 nitrogen and oxygen atoms in total. The number of pyridine rings is 1. The van der Waals surface area contributed by atoms with Crippen LogP contribution in [0.5, 0.6) is 5.75 Å². The summed E-state index contributed by atoms with van der Waals surface area (Å²) in [5.41, 5.74) is 0.191. The zero-order valence-corrected chi connectivity index (χ0v) is 21.0. The fourth-order valence-electron chi connectivity index (χ4n) is 5.59. The Hall–Kier alpha value is -3.25. The zero-order valence-electron chi connectivity index (χ0n) is 20.3. The van der Waals surface area contributed by atoms with Crippen LogP contribution in [0.3, 0.4) is 0 Å².